The smallest absolute Gasteiger partial charge is 0.123 e. The van der Waals surface area contributed by atoms with Gasteiger partial charge in [-0.2, -0.15) is 0 Å². The number of fused-ring (bicyclic) bond motifs is 1. The van der Waals surface area contributed by atoms with E-state index < -0.39 is 0 Å². The molecule has 0 spiro atoms. The van der Waals surface area contributed by atoms with Crippen LogP contribution in [0.5, 0.6) is 0 Å². The summed E-state index contributed by atoms with van der Waals surface area (Å²) in [7, 11) is 0. The van der Waals surface area contributed by atoms with Gasteiger partial charge in [-0.05, 0) is 62.8 Å². The predicted molar refractivity (Wildman–Crippen MR) is 65.2 cm³/mol. The number of benzene rings is 1. The third-order valence-corrected chi connectivity index (χ3v) is 3.19. The van der Waals surface area contributed by atoms with Crippen LogP contribution < -0.4 is 5.32 Å². The van der Waals surface area contributed by atoms with Crippen molar-refractivity contribution in [3.8, 4) is 0 Å². The maximum Gasteiger partial charge on any atom is 0.123 e. The van der Waals surface area contributed by atoms with Gasteiger partial charge < -0.3 is 5.32 Å². The zero-order valence-electron chi connectivity index (χ0n) is 10.3. The van der Waals surface area contributed by atoms with Crippen LogP contribution in [0.2, 0.25) is 0 Å². The van der Waals surface area contributed by atoms with E-state index in [2.05, 4.69) is 26.1 Å². The quantitative estimate of drug-likeness (QED) is 0.808. The zero-order valence-corrected chi connectivity index (χ0v) is 10.3. The van der Waals surface area contributed by atoms with Crippen molar-refractivity contribution in [2.24, 2.45) is 0 Å². The Morgan fingerprint density at radius 2 is 2.12 bits per heavy atom. The number of nitrogens with one attached hydrogen (secondary N) is 1. The van der Waals surface area contributed by atoms with Crippen molar-refractivity contribution in [1.29, 1.82) is 0 Å². The van der Waals surface area contributed by atoms with Gasteiger partial charge in [-0.25, -0.2) is 4.39 Å². The highest BCUT2D eigenvalue weighted by molar-refractivity contribution is 5.35. The monoisotopic (exact) mass is 221 g/mol. The molecule has 0 heterocycles. The van der Waals surface area contributed by atoms with Gasteiger partial charge in [-0.1, -0.05) is 6.07 Å². The normalized spacial score (nSPS) is 19.9. The molecule has 1 N–H and O–H groups in total. The van der Waals surface area contributed by atoms with Gasteiger partial charge in [0, 0.05) is 12.1 Å². The van der Waals surface area contributed by atoms with Crippen LogP contribution in [-0.4, -0.2) is 12.1 Å². The first-order chi connectivity index (χ1) is 7.46. The summed E-state index contributed by atoms with van der Waals surface area (Å²) in [6.07, 6.45) is 2.16. The van der Waals surface area contributed by atoms with Crippen molar-refractivity contribution in [2.45, 2.75) is 45.1 Å². The standard InChI is InChI=1S/C14H20FN/c1-14(2,3)16-9-11-5-4-10-8-12(15)6-7-13(10)11/h6-8,11,16H,4-5,9H2,1-3H3. The molecular formula is C14H20FN. The topological polar surface area (TPSA) is 12.0 Å². The number of rotatable bonds is 2. The Kier molecular flexibility index (Phi) is 3.02. The molecule has 0 aromatic heterocycles. The summed E-state index contributed by atoms with van der Waals surface area (Å²) in [5.74, 6) is 0.443. The highest BCUT2D eigenvalue weighted by Gasteiger charge is 2.23. The summed E-state index contributed by atoms with van der Waals surface area (Å²) in [4.78, 5) is 0. The molecule has 16 heavy (non-hydrogen) atoms. The van der Waals surface area contributed by atoms with Crippen LogP contribution in [0.4, 0.5) is 4.39 Å². The van der Waals surface area contributed by atoms with Crippen molar-refractivity contribution in [2.75, 3.05) is 6.54 Å². The second-order valence-corrected chi connectivity index (χ2v) is 5.71. The molecular weight excluding hydrogens is 201 g/mol. The van der Waals surface area contributed by atoms with Crippen LogP contribution in [-0.2, 0) is 6.42 Å². The zero-order chi connectivity index (χ0) is 11.8. The Labute approximate surface area is 97.1 Å². The van der Waals surface area contributed by atoms with Crippen LogP contribution in [0.1, 0.15) is 44.2 Å². The molecule has 88 valence electrons. The summed E-state index contributed by atoms with van der Waals surface area (Å²) in [6.45, 7) is 7.51. The van der Waals surface area contributed by atoms with Gasteiger partial charge in [0.2, 0.25) is 0 Å². The van der Waals surface area contributed by atoms with Crippen LogP contribution >= 0.6 is 0 Å². The second kappa shape index (κ2) is 4.17. The fourth-order valence-corrected chi connectivity index (χ4v) is 2.32. The number of aryl methyl sites for hydroxylation is 1. The molecule has 2 rings (SSSR count). The maximum atomic E-state index is 13.0. The first-order valence-corrected chi connectivity index (χ1v) is 5.99. The summed E-state index contributed by atoms with van der Waals surface area (Å²) < 4.78 is 13.0. The van der Waals surface area contributed by atoms with Crippen LogP contribution in [0.15, 0.2) is 18.2 Å². The Hall–Kier alpha value is -0.890. The van der Waals surface area contributed by atoms with E-state index >= 15 is 0 Å². The Morgan fingerprint density at radius 3 is 2.81 bits per heavy atom. The van der Waals surface area contributed by atoms with Crippen LogP contribution in [0.25, 0.3) is 0 Å². The third-order valence-electron chi connectivity index (χ3n) is 3.19. The molecule has 0 saturated heterocycles. The SMILES string of the molecule is CC(C)(C)NCC1CCc2cc(F)ccc21. The molecule has 1 unspecified atom stereocenters. The minimum atomic E-state index is -0.108. The first-order valence-electron chi connectivity index (χ1n) is 5.99. The molecule has 0 amide bonds. The third kappa shape index (κ3) is 2.62. The highest BCUT2D eigenvalue weighted by Crippen LogP contribution is 2.33. The molecule has 0 radical (unpaired) electrons. The van der Waals surface area contributed by atoms with Gasteiger partial charge in [0.05, 0.1) is 0 Å². The van der Waals surface area contributed by atoms with E-state index in [4.69, 9.17) is 0 Å². The minimum Gasteiger partial charge on any atom is -0.311 e. The largest absolute Gasteiger partial charge is 0.311 e. The molecule has 0 saturated carbocycles. The Bertz CT molecular complexity index is 379. The summed E-state index contributed by atoms with van der Waals surface area (Å²) in [5, 5.41) is 3.53. The minimum absolute atomic E-state index is 0.108. The lowest BCUT2D eigenvalue weighted by Gasteiger charge is -2.23. The molecule has 1 aromatic carbocycles. The van der Waals surface area contributed by atoms with Crippen molar-refractivity contribution in [3.05, 3.63) is 35.1 Å². The summed E-state index contributed by atoms with van der Waals surface area (Å²) >= 11 is 0. The number of hydrogen-bond donors (Lipinski definition) is 1. The average Bonchev–Trinajstić information content (AvgIpc) is 2.56. The molecule has 1 aliphatic carbocycles. The Morgan fingerprint density at radius 1 is 1.38 bits per heavy atom. The lowest BCUT2D eigenvalue weighted by atomic mass is 9.99. The molecule has 2 heteroatoms. The fraction of sp³-hybridized carbons (Fsp3) is 0.571. The van der Waals surface area contributed by atoms with Crippen molar-refractivity contribution < 1.29 is 4.39 Å². The fourth-order valence-electron chi connectivity index (χ4n) is 2.32. The summed E-state index contributed by atoms with van der Waals surface area (Å²) in [6, 6.07) is 5.22. The van der Waals surface area contributed by atoms with E-state index in [1.807, 2.05) is 6.07 Å². The van der Waals surface area contributed by atoms with Crippen LogP contribution in [0, 0.1) is 5.82 Å². The molecule has 0 bridgehead atoms. The van der Waals surface area contributed by atoms with Crippen molar-refractivity contribution in [1.82, 2.24) is 5.32 Å². The maximum absolute atomic E-state index is 13.0. The number of halogens is 1. The van der Waals surface area contributed by atoms with Gasteiger partial charge in [0.1, 0.15) is 5.82 Å². The highest BCUT2D eigenvalue weighted by atomic mass is 19.1. The molecule has 0 aliphatic heterocycles. The van der Waals surface area contributed by atoms with E-state index in [0.717, 1.165) is 19.4 Å². The van der Waals surface area contributed by atoms with E-state index in [9.17, 15) is 4.39 Å². The molecule has 1 atom stereocenters. The van der Waals surface area contributed by atoms with E-state index in [1.165, 1.54) is 11.1 Å². The van der Waals surface area contributed by atoms with E-state index in [1.54, 1.807) is 12.1 Å². The van der Waals surface area contributed by atoms with Crippen LogP contribution in [0.3, 0.4) is 0 Å². The second-order valence-electron chi connectivity index (χ2n) is 5.71. The van der Waals surface area contributed by atoms with Gasteiger partial charge in [0.25, 0.3) is 0 Å². The van der Waals surface area contributed by atoms with Gasteiger partial charge >= 0.3 is 0 Å². The van der Waals surface area contributed by atoms with Gasteiger partial charge in [-0.15, -0.1) is 0 Å². The molecule has 0 fully saturated rings. The van der Waals surface area contributed by atoms with Crippen molar-refractivity contribution in [3.63, 3.8) is 0 Å². The molecule has 1 aliphatic rings. The number of hydrogen-bond acceptors (Lipinski definition) is 1. The predicted octanol–water partition coefficient (Wildman–Crippen LogP) is 3.24. The molecule has 1 nitrogen and oxygen atoms in total. The first kappa shape index (κ1) is 11.6. The lowest BCUT2D eigenvalue weighted by Crippen LogP contribution is -2.38. The van der Waals surface area contributed by atoms with E-state index in [0.29, 0.717) is 5.92 Å². The van der Waals surface area contributed by atoms with Crippen molar-refractivity contribution >= 4 is 0 Å². The summed E-state index contributed by atoms with van der Waals surface area (Å²) in [5.41, 5.74) is 2.68. The van der Waals surface area contributed by atoms with Gasteiger partial charge in [0.15, 0.2) is 0 Å². The Balaban J connectivity index is 2.06. The van der Waals surface area contributed by atoms with Gasteiger partial charge in [-0.3, -0.25) is 0 Å². The molecule has 1 aromatic rings. The average molecular weight is 221 g/mol. The van der Waals surface area contributed by atoms with E-state index in [-0.39, 0.29) is 11.4 Å². The lowest BCUT2D eigenvalue weighted by molar-refractivity contribution is 0.405.